The highest BCUT2D eigenvalue weighted by Gasteiger charge is 2.07. The predicted molar refractivity (Wildman–Crippen MR) is 101 cm³/mol. The van der Waals surface area contributed by atoms with Gasteiger partial charge in [-0.2, -0.15) is 0 Å². The average molecular weight is 370 g/mol. The van der Waals surface area contributed by atoms with Gasteiger partial charge in [-0.05, 0) is 54.4 Å². The number of amides is 1. The number of carbonyl (C=O) groups is 1. The minimum absolute atomic E-state index is 0.249. The van der Waals surface area contributed by atoms with E-state index in [9.17, 15) is 9.18 Å². The number of pyridine rings is 1. The van der Waals surface area contributed by atoms with Crippen LogP contribution in [0.25, 0.3) is 0 Å². The lowest BCUT2D eigenvalue weighted by atomic mass is 10.1. The summed E-state index contributed by atoms with van der Waals surface area (Å²) in [5.41, 5.74) is 2.90. The highest BCUT2D eigenvalue weighted by Crippen LogP contribution is 2.19. The molecule has 3 rings (SSSR count). The van der Waals surface area contributed by atoms with Crippen molar-refractivity contribution in [1.29, 1.82) is 0 Å². The molecule has 4 nitrogen and oxygen atoms in total. The zero-order valence-corrected chi connectivity index (χ0v) is 14.6. The van der Waals surface area contributed by atoms with Gasteiger partial charge >= 0.3 is 0 Å². The Balaban J connectivity index is 1.52. The summed E-state index contributed by atoms with van der Waals surface area (Å²) in [4.78, 5) is 16.3. The highest BCUT2D eigenvalue weighted by molar-refractivity contribution is 6.30. The smallest absolute Gasteiger partial charge is 0.269 e. The molecule has 0 fully saturated rings. The van der Waals surface area contributed by atoms with Gasteiger partial charge in [0.25, 0.3) is 5.91 Å². The first-order valence-electron chi connectivity index (χ1n) is 8.11. The zero-order valence-electron chi connectivity index (χ0n) is 13.9. The third-order valence-electron chi connectivity index (χ3n) is 3.72. The maximum Gasteiger partial charge on any atom is 0.269 e. The third kappa shape index (κ3) is 5.04. The van der Waals surface area contributed by atoms with E-state index in [0.29, 0.717) is 23.7 Å². The van der Waals surface area contributed by atoms with E-state index in [2.05, 4.69) is 15.6 Å². The van der Waals surface area contributed by atoms with E-state index in [1.54, 1.807) is 42.6 Å². The Labute approximate surface area is 156 Å². The van der Waals surface area contributed by atoms with Crippen LogP contribution in [0.5, 0.6) is 0 Å². The highest BCUT2D eigenvalue weighted by atomic mass is 35.5. The van der Waals surface area contributed by atoms with Crippen LogP contribution in [0.2, 0.25) is 5.02 Å². The van der Waals surface area contributed by atoms with Crippen molar-refractivity contribution in [3.8, 4) is 0 Å². The van der Waals surface area contributed by atoms with Gasteiger partial charge in [-0.25, -0.2) is 9.37 Å². The molecule has 0 unspecified atom stereocenters. The van der Waals surface area contributed by atoms with E-state index >= 15 is 0 Å². The lowest BCUT2D eigenvalue weighted by Gasteiger charge is -2.08. The van der Waals surface area contributed by atoms with E-state index in [4.69, 9.17) is 11.6 Å². The van der Waals surface area contributed by atoms with Crippen molar-refractivity contribution in [3.63, 3.8) is 0 Å². The van der Waals surface area contributed by atoms with Crippen LogP contribution in [0.4, 0.5) is 15.8 Å². The molecule has 1 aromatic heterocycles. The minimum atomic E-state index is -0.270. The Bertz CT molecular complexity index is 882. The number of hydrogen-bond donors (Lipinski definition) is 2. The molecule has 1 heterocycles. The summed E-state index contributed by atoms with van der Waals surface area (Å²) in [5, 5.41) is 6.62. The van der Waals surface area contributed by atoms with E-state index in [1.165, 1.54) is 12.1 Å². The largest absolute Gasteiger partial charge is 0.354 e. The topological polar surface area (TPSA) is 54.0 Å². The number of anilines is 2. The molecule has 0 aliphatic rings. The molecule has 1 amide bonds. The summed E-state index contributed by atoms with van der Waals surface area (Å²) >= 11 is 5.95. The van der Waals surface area contributed by atoms with Gasteiger partial charge in [-0.15, -0.1) is 0 Å². The van der Waals surface area contributed by atoms with Gasteiger partial charge in [-0.1, -0.05) is 29.8 Å². The summed E-state index contributed by atoms with van der Waals surface area (Å²) in [5.74, 6) is -0.519. The quantitative estimate of drug-likeness (QED) is 0.668. The van der Waals surface area contributed by atoms with Crippen LogP contribution in [0.3, 0.4) is 0 Å². The second-order valence-electron chi connectivity index (χ2n) is 5.70. The summed E-state index contributed by atoms with van der Waals surface area (Å²) in [6.45, 7) is 0.453. The average Bonchev–Trinajstić information content (AvgIpc) is 2.64. The Morgan fingerprint density at radius 1 is 1.04 bits per heavy atom. The van der Waals surface area contributed by atoms with Crippen molar-refractivity contribution in [2.75, 3.05) is 11.9 Å². The van der Waals surface area contributed by atoms with Crippen molar-refractivity contribution in [2.45, 2.75) is 6.42 Å². The molecule has 0 spiro atoms. The van der Waals surface area contributed by atoms with Gasteiger partial charge in [0.05, 0.1) is 11.9 Å². The number of aromatic nitrogens is 1. The fourth-order valence-corrected chi connectivity index (χ4v) is 2.59. The van der Waals surface area contributed by atoms with Gasteiger partial charge in [0.1, 0.15) is 11.5 Å². The first-order valence-corrected chi connectivity index (χ1v) is 8.49. The second kappa shape index (κ2) is 8.45. The summed E-state index contributed by atoms with van der Waals surface area (Å²) in [7, 11) is 0. The lowest BCUT2D eigenvalue weighted by molar-refractivity contribution is 0.0949. The Hall–Kier alpha value is -2.92. The molecule has 3 aromatic rings. The molecule has 0 radical (unpaired) electrons. The van der Waals surface area contributed by atoms with Crippen LogP contribution in [0.1, 0.15) is 16.1 Å². The van der Waals surface area contributed by atoms with Crippen LogP contribution >= 0.6 is 11.6 Å². The van der Waals surface area contributed by atoms with Gasteiger partial charge in [0.2, 0.25) is 0 Å². The lowest BCUT2D eigenvalue weighted by Crippen LogP contribution is -2.26. The predicted octanol–water partition coefficient (Wildman–Crippen LogP) is 4.59. The molecule has 0 aliphatic heterocycles. The summed E-state index contributed by atoms with van der Waals surface area (Å²) in [6.07, 6.45) is 2.22. The Morgan fingerprint density at radius 2 is 1.85 bits per heavy atom. The first kappa shape index (κ1) is 17.9. The maximum absolute atomic E-state index is 12.9. The van der Waals surface area contributed by atoms with E-state index < -0.39 is 0 Å². The number of halogens is 2. The minimum Gasteiger partial charge on any atom is -0.354 e. The molecule has 2 N–H and O–H groups in total. The third-order valence-corrected chi connectivity index (χ3v) is 3.96. The molecular weight excluding hydrogens is 353 g/mol. The number of nitrogens with one attached hydrogen (secondary N) is 2. The second-order valence-corrected chi connectivity index (χ2v) is 6.14. The SMILES string of the molecule is O=C(NCCc1ccc(F)cc1)c1ccc(Nc2cccc(Cl)c2)cn1. The molecule has 2 aromatic carbocycles. The molecule has 0 atom stereocenters. The normalized spacial score (nSPS) is 10.4. The van der Waals surface area contributed by atoms with Gasteiger partial charge < -0.3 is 10.6 Å². The van der Waals surface area contributed by atoms with Crippen molar-refractivity contribution in [1.82, 2.24) is 10.3 Å². The van der Waals surface area contributed by atoms with Crippen LogP contribution < -0.4 is 10.6 Å². The summed E-state index contributed by atoms with van der Waals surface area (Å²) < 4.78 is 12.9. The Morgan fingerprint density at radius 3 is 2.54 bits per heavy atom. The standard InChI is InChI=1S/C20H17ClFN3O/c21-15-2-1-3-17(12-15)25-18-8-9-19(24-13-18)20(26)23-11-10-14-4-6-16(22)7-5-14/h1-9,12-13,25H,10-11H2,(H,23,26). The molecule has 132 valence electrons. The number of carbonyl (C=O) groups excluding carboxylic acids is 1. The molecule has 0 saturated heterocycles. The first-order chi connectivity index (χ1) is 12.6. The fraction of sp³-hybridized carbons (Fsp3) is 0.100. The van der Waals surface area contributed by atoms with E-state index in [1.807, 2.05) is 12.1 Å². The number of nitrogens with zero attached hydrogens (tertiary/aromatic N) is 1. The zero-order chi connectivity index (χ0) is 18.4. The van der Waals surface area contributed by atoms with Crippen LogP contribution in [-0.4, -0.2) is 17.4 Å². The maximum atomic E-state index is 12.9. The molecule has 26 heavy (non-hydrogen) atoms. The van der Waals surface area contributed by atoms with Gasteiger partial charge in [0, 0.05) is 17.3 Å². The molecular formula is C20H17ClFN3O. The summed E-state index contributed by atoms with van der Waals surface area (Å²) in [6, 6.07) is 17.0. The molecule has 0 bridgehead atoms. The van der Waals surface area contributed by atoms with Crippen molar-refractivity contribution in [3.05, 3.63) is 89.0 Å². The van der Waals surface area contributed by atoms with Crippen molar-refractivity contribution < 1.29 is 9.18 Å². The molecule has 0 saturated carbocycles. The van der Waals surface area contributed by atoms with E-state index in [0.717, 1.165) is 16.9 Å². The van der Waals surface area contributed by atoms with Crippen LogP contribution in [0.15, 0.2) is 66.9 Å². The number of hydrogen-bond acceptors (Lipinski definition) is 3. The molecule has 0 aliphatic carbocycles. The van der Waals surface area contributed by atoms with Gasteiger partial charge in [-0.3, -0.25) is 4.79 Å². The fourth-order valence-electron chi connectivity index (χ4n) is 2.40. The monoisotopic (exact) mass is 369 g/mol. The molecule has 6 heteroatoms. The van der Waals surface area contributed by atoms with Crippen LogP contribution in [0, 0.1) is 5.82 Å². The van der Waals surface area contributed by atoms with Crippen LogP contribution in [-0.2, 0) is 6.42 Å². The Kier molecular flexibility index (Phi) is 5.81. The van der Waals surface area contributed by atoms with Gasteiger partial charge in [0.15, 0.2) is 0 Å². The van der Waals surface area contributed by atoms with Crippen molar-refractivity contribution >= 4 is 28.9 Å². The van der Waals surface area contributed by atoms with E-state index in [-0.39, 0.29) is 11.7 Å². The number of rotatable bonds is 6. The number of benzene rings is 2. The van der Waals surface area contributed by atoms with Crippen molar-refractivity contribution in [2.24, 2.45) is 0 Å².